The van der Waals surface area contributed by atoms with Gasteiger partial charge in [-0.2, -0.15) is 0 Å². The van der Waals surface area contributed by atoms with Crippen molar-refractivity contribution < 1.29 is 0 Å². The molecule has 102 valence electrons. The minimum absolute atomic E-state index is 0.533. The predicted molar refractivity (Wildman–Crippen MR) is 83.1 cm³/mol. The molecule has 0 aliphatic carbocycles. The Morgan fingerprint density at radius 2 is 1.18 bits per heavy atom. The van der Waals surface area contributed by atoms with Gasteiger partial charge in [0.15, 0.2) is 0 Å². The molecule has 0 aromatic heterocycles. The van der Waals surface area contributed by atoms with E-state index >= 15 is 0 Å². The smallest absolute Gasteiger partial charge is 0.0915 e. The van der Waals surface area contributed by atoms with Crippen molar-refractivity contribution in [2.24, 2.45) is 23.2 Å². The Bertz CT molecular complexity index is 182. The maximum absolute atomic E-state index is 2.49. The molecule has 0 unspecified atom stereocenters. The summed E-state index contributed by atoms with van der Waals surface area (Å²) in [4.78, 5) is 0. The Kier molecular flexibility index (Phi) is 8.10. The third-order valence-corrected chi connectivity index (χ3v) is 8.31. The first-order valence-corrected chi connectivity index (χ1v) is 10.1. The van der Waals surface area contributed by atoms with Crippen LogP contribution in [0, 0.1) is 23.2 Å². The monoisotopic (exact) mass is 254 g/mol. The topological polar surface area (TPSA) is 0 Å². The van der Waals surface area contributed by atoms with E-state index in [1.54, 1.807) is 15.8 Å². The van der Waals surface area contributed by atoms with E-state index in [9.17, 15) is 0 Å². The van der Waals surface area contributed by atoms with Gasteiger partial charge in [-0.3, -0.25) is 0 Å². The average Bonchev–Trinajstić information content (AvgIpc) is 1.95. The van der Waals surface area contributed by atoms with Gasteiger partial charge >= 0.3 is 0 Å². The molecule has 0 saturated heterocycles. The zero-order valence-electron chi connectivity index (χ0n) is 13.6. The molecule has 0 saturated carbocycles. The highest BCUT2D eigenvalue weighted by molar-refractivity contribution is 6.59. The molecule has 0 bridgehead atoms. The summed E-state index contributed by atoms with van der Waals surface area (Å²) in [6, 6.07) is 0. The van der Waals surface area contributed by atoms with Crippen LogP contribution in [0.4, 0.5) is 0 Å². The van der Waals surface area contributed by atoms with Crippen LogP contribution in [0.25, 0.3) is 0 Å². The lowest BCUT2D eigenvalue weighted by Crippen LogP contribution is -2.26. The maximum Gasteiger partial charge on any atom is 0.262 e. The van der Waals surface area contributed by atoms with Crippen LogP contribution in [-0.4, -0.2) is 14.1 Å². The van der Waals surface area contributed by atoms with Gasteiger partial charge in [-0.05, 0) is 17.8 Å². The van der Waals surface area contributed by atoms with Crippen molar-refractivity contribution >= 4 is 14.1 Å². The Morgan fingerprint density at radius 3 is 1.47 bits per heavy atom. The van der Waals surface area contributed by atoms with Gasteiger partial charge in [-0.1, -0.05) is 83.1 Å². The summed E-state index contributed by atoms with van der Waals surface area (Å²) in [7, 11) is 0. The van der Waals surface area contributed by atoms with Crippen LogP contribution in [0.15, 0.2) is 0 Å². The standard InChI is InChI=1S/C8H17.2C4H9.Al/c1-7(2)6-8(3,4)5;2*1-4(2)3;/h7H,3,6H2,1-2,4-5H3;2*4H,1H2,2-3H3;. The summed E-state index contributed by atoms with van der Waals surface area (Å²) in [5.74, 6) is 2.65. The third-order valence-electron chi connectivity index (χ3n) is 3.41. The fourth-order valence-electron chi connectivity index (χ4n) is 3.57. The molecule has 0 nitrogen and oxygen atoms in total. The Labute approximate surface area is 115 Å². The van der Waals surface area contributed by atoms with Crippen molar-refractivity contribution in [3.05, 3.63) is 0 Å². The van der Waals surface area contributed by atoms with Crippen molar-refractivity contribution in [1.29, 1.82) is 0 Å². The first-order valence-electron chi connectivity index (χ1n) is 7.62. The molecular formula is C16H35Al. The second kappa shape index (κ2) is 7.86. The summed E-state index contributed by atoms with van der Waals surface area (Å²) in [5.41, 5.74) is 0.578. The van der Waals surface area contributed by atoms with Gasteiger partial charge in [0.2, 0.25) is 0 Å². The van der Waals surface area contributed by atoms with Crippen molar-refractivity contribution in [1.82, 2.24) is 0 Å². The minimum Gasteiger partial charge on any atom is -0.0915 e. The lowest BCUT2D eigenvalue weighted by molar-refractivity contribution is 0.316. The van der Waals surface area contributed by atoms with Gasteiger partial charge in [0, 0.05) is 0 Å². The SMILES string of the molecule is CC(C)[CH2][Al]([CH2]C(C)C)[CH2]C(C)(C)CC(C)C. The first-order chi connectivity index (χ1) is 7.62. The molecule has 0 aliphatic heterocycles. The number of rotatable bonds is 8. The summed E-state index contributed by atoms with van der Waals surface area (Å²) in [6.45, 7) is 19.3. The van der Waals surface area contributed by atoms with Gasteiger partial charge in [-0.15, -0.1) is 0 Å². The van der Waals surface area contributed by atoms with Gasteiger partial charge in [0.05, 0.1) is 0 Å². The van der Waals surface area contributed by atoms with Gasteiger partial charge in [0.25, 0.3) is 14.1 Å². The zero-order valence-corrected chi connectivity index (χ0v) is 14.8. The second-order valence-electron chi connectivity index (χ2n) is 8.09. The fourth-order valence-corrected chi connectivity index (χ4v) is 8.49. The molecule has 0 heterocycles. The molecule has 0 aromatic rings. The molecular weight excluding hydrogens is 219 g/mol. The molecule has 0 amide bonds. The third kappa shape index (κ3) is 10.2. The highest BCUT2D eigenvalue weighted by atomic mass is 27.2. The van der Waals surface area contributed by atoms with Crippen LogP contribution in [-0.2, 0) is 0 Å². The molecule has 0 spiro atoms. The molecule has 0 atom stereocenters. The molecule has 0 aliphatic rings. The van der Waals surface area contributed by atoms with Crippen molar-refractivity contribution in [3.63, 3.8) is 0 Å². The first kappa shape index (κ1) is 17.5. The highest BCUT2D eigenvalue weighted by Gasteiger charge is 2.29. The van der Waals surface area contributed by atoms with Crippen LogP contribution in [0.1, 0.15) is 61.8 Å². The summed E-state index contributed by atoms with van der Waals surface area (Å²) in [6.07, 6.45) is 1.40. The van der Waals surface area contributed by atoms with E-state index in [0.717, 1.165) is 17.8 Å². The van der Waals surface area contributed by atoms with E-state index in [4.69, 9.17) is 0 Å². The molecule has 0 radical (unpaired) electrons. The van der Waals surface area contributed by atoms with E-state index in [-0.39, 0.29) is 0 Å². The van der Waals surface area contributed by atoms with E-state index in [2.05, 4.69) is 55.4 Å². The van der Waals surface area contributed by atoms with E-state index in [0.29, 0.717) is 5.41 Å². The van der Waals surface area contributed by atoms with E-state index in [1.165, 1.54) is 6.42 Å². The largest absolute Gasteiger partial charge is 0.262 e. The summed E-state index contributed by atoms with van der Waals surface area (Å²) >= 11 is -0.533. The zero-order chi connectivity index (χ0) is 13.6. The fraction of sp³-hybridized carbons (Fsp3) is 1.00. The van der Waals surface area contributed by atoms with Gasteiger partial charge in [0.1, 0.15) is 0 Å². The van der Waals surface area contributed by atoms with Crippen molar-refractivity contribution in [2.45, 2.75) is 77.7 Å². The van der Waals surface area contributed by atoms with Gasteiger partial charge < -0.3 is 0 Å². The Morgan fingerprint density at radius 1 is 0.765 bits per heavy atom. The van der Waals surface area contributed by atoms with Crippen LogP contribution in [0.2, 0.25) is 15.8 Å². The number of hydrogen-bond acceptors (Lipinski definition) is 0. The minimum atomic E-state index is -0.533. The molecule has 1 heteroatoms. The summed E-state index contributed by atoms with van der Waals surface area (Å²) in [5, 5.41) is 4.63. The second-order valence-corrected chi connectivity index (χ2v) is 11.2. The summed E-state index contributed by atoms with van der Waals surface area (Å²) < 4.78 is 0. The number of hydrogen-bond donors (Lipinski definition) is 0. The quantitative estimate of drug-likeness (QED) is 0.475. The Hall–Kier alpha value is 0.532. The van der Waals surface area contributed by atoms with E-state index in [1.807, 2.05) is 0 Å². The Balaban J connectivity index is 4.39. The normalized spacial score (nSPS) is 12.9. The van der Waals surface area contributed by atoms with Gasteiger partial charge in [-0.25, -0.2) is 0 Å². The molecule has 0 N–H and O–H groups in total. The van der Waals surface area contributed by atoms with E-state index < -0.39 is 14.1 Å². The maximum atomic E-state index is 2.49. The predicted octanol–water partition coefficient (Wildman–Crippen LogP) is 5.87. The van der Waals surface area contributed by atoms with Crippen molar-refractivity contribution in [3.8, 4) is 0 Å². The average molecular weight is 254 g/mol. The molecule has 0 rings (SSSR count). The molecule has 0 fully saturated rings. The van der Waals surface area contributed by atoms with Crippen molar-refractivity contribution in [2.75, 3.05) is 0 Å². The van der Waals surface area contributed by atoms with Crippen LogP contribution < -0.4 is 0 Å². The van der Waals surface area contributed by atoms with Crippen LogP contribution >= 0.6 is 0 Å². The molecule has 17 heavy (non-hydrogen) atoms. The van der Waals surface area contributed by atoms with Crippen LogP contribution in [0.5, 0.6) is 0 Å². The molecule has 0 aromatic carbocycles. The lowest BCUT2D eigenvalue weighted by atomic mass is 9.86. The van der Waals surface area contributed by atoms with Crippen LogP contribution in [0.3, 0.4) is 0 Å². The highest BCUT2D eigenvalue weighted by Crippen LogP contribution is 2.34. The lowest BCUT2D eigenvalue weighted by Gasteiger charge is -2.31.